The third kappa shape index (κ3) is 4.08. The van der Waals surface area contributed by atoms with Gasteiger partial charge in [-0.1, -0.05) is 42.5 Å². The van der Waals surface area contributed by atoms with Crippen LogP contribution in [0.15, 0.2) is 72.3 Å². The maximum absolute atomic E-state index is 13.5. The molecule has 1 saturated heterocycles. The SMILES string of the molecule is Cc1ccccc1C1/C(=C(\O)c2ccc3c(c2)CCCC3)C(=O)C(=O)N1c1cccc(C(F)(F)F)c1. The van der Waals surface area contributed by atoms with Gasteiger partial charge >= 0.3 is 6.18 Å². The minimum Gasteiger partial charge on any atom is -0.507 e. The van der Waals surface area contributed by atoms with Crippen molar-refractivity contribution in [2.75, 3.05) is 4.90 Å². The lowest BCUT2D eigenvalue weighted by Gasteiger charge is -2.27. The highest BCUT2D eigenvalue weighted by atomic mass is 19.4. The molecule has 1 atom stereocenters. The van der Waals surface area contributed by atoms with Crippen LogP contribution in [0.25, 0.3) is 5.76 Å². The first-order valence-electron chi connectivity index (χ1n) is 11.8. The standard InChI is InChI=1S/C29H24F3NO3/c1-17-7-2-5-12-23(17)25-24(26(34)20-14-13-18-8-3-4-9-19(18)15-20)27(35)28(36)33(25)22-11-6-10-21(16-22)29(30,31)32/h2,5-7,10-16,25,34H,3-4,8-9H2,1H3/b26-24+. The molecule has 0 bridgehead atoms. The number of aliphatic hydroxyl groups is 1. The predicted octanol–water partition coefficient (Wildman–Crippen LogP) is 6.52. The van der Waals surface area contributed by atoms with Gasteiger partial charge in [0.05, 0.1) is 17.2 Å². The summed E-state index contributed by atoms with van der Waals surface area (Å²) in [6, 6.07) is 15.8. The van der Waals surface area contributed by atoms with E-state index in [-0.39, 0.29) is 17.0 Å². The van der Waals surface area contributed by atoms with Crippen molar-refractivity contribution < 1.29 is 27.9 Å². The molecule has 36 heavy (non-hydrogen) atoms. The second-order valence-electron chi connectivity index (χ2n) is 9.26. The maximum atomic E-state index is 13.5. The molecule has 0 saturated carbocycles. The second-order valence-corrected chi connectivity index (χ2v) is 9.26. The Bertz CT molecular complexity index is 1410. The third-order valence-electron chi connectivity index (χ3n) is 7.00. The van der Waals surface area contributed by atoms with Crippen LogP contribution in [0.3, 0.4) is 0 Å². The Balaban J connectivity index is 1.71. The first-order chi connectivity index (χ1) is 17.2. The number of benzene rings is 3. The highest BCUT2D eigenvalue weighted by Crippen LogP contribution is 2.44. The number of aryl methyl sites for hydroxylation is 3. The van der Waals surface area contributed by atoms with Gasteiger partial charge in [0.1, 0.15) is 5.76 Å². The fourth-order valence-electron chi connectivity index (χ4n) is 5.15. The number of fused-ring (bicyclic) bond motifs is 1. The number of rotatable bonds is 3. The van der Waals surface area contributed by atoms with Crippen molar-refractivity contribution in [2.24, 2.45) is 0 Å². The van der Waals surface area contributed by atoms with Crippen molar-refractivity contribution in [1.82, 2.24) is 0 Å². The van der Waals surface area contributed by atoms with Crippen LogP contribution < -0.4 is 4.90 Å². The molecule has 2 aliphatic rings. The average Bonchev–Trinajstić information content (AvgIpc) is 3.13. The molecule has 1 N–H and O–H groups in total. The van der Waals surface area contributed by atoms with E-state index in [1.54, 1.807) is 37.3 Å². The summed E-state index contributed by atoms with van der Waals surface area (Å²) in [7, 11) is 0. The van der Waals surface area contributed by atoms with Gasteiger partial charge < -0.3 is 5.11 Å². The van der Waals surface area contributed by atoms with Crippen LogP contribution in [-0.4, -0.2) is 16.8 Å². The summed E-state index contributed by atoms with van der Waals surface area (Å²) in [6.45, 7) is 1.79. The van der Waals surface area contributed by atoms with Gasteiger partial charge in [0.15, 0.2) is 0 Å². The topological polar surface area (TPSA) is 57.6 Å². The number of carbonyl (C=O) groups is 2. The number of hydrogen-bond donors (Lipinski definition) is 1. The number of carbonyl (C=O) groups excluding carboxylic acids is 2. The normalized spacial score (nSPS) is 19.4. The van der Waals surface area contributed by atoms with Gasteiger partial charge in [0.2, 0.25) is 0 Å². The van der Waals surface area contributed by atoms with Crippen LogP contribution in [0.2, 0.25) is 0 Å². The number of halogens is 3. The molecule has 3 aromatic rings. The summed E-state index contributed by atoms with van der Waals surface area (Å²) >= 11 is 0. The molecule has 184 valence electrons. The number of nitrogens with zero attached hydrogens (tertiary/aromatic N) is 1. The molecule has 7 heteroatoms. The molecule has 3 aromatic carbocycles. The number of anilines is 1. The van der Waals surface area contributed by atoms with Gasteiger partial charge in [0.25, 0.3) is 11.7 Å². The Morgan fingerprint density at radius 2 is 1.64 bits per heavy atom. The monoisotopic (exact) mass is 491 g/mol. The van der Waals surface area contributed by atoms with E-state index >= 15 is 0 Å². The summed E-state index contributed by atoms with van der Waals surface area (Å²) in [4.78, 5) is 27.7. The zero-order valence-corrected chi connectivity index (χ0v) is 19.6. The van der Waals surface area contributed by atoms with E-state index in [1.165, 1.54) is 17.7 Å². The van der Waals surface area contributed by atoms with Crippen LogP contribution in [0.4, 0.5) is 18.9 Å². The Morgan fingerprint density at radius 3 is 2.36 bits per heavy atom. The fraction of sp³-hybridized carbons (Fsp3) is 0.241. The predicted molar refractivity (Wildman–Crippen MR) is 130 cm³/mol. The van der Waals surface area contributed by atoms with Crippen molar-refractivity contribution in [3.8, 4) is 0 Å². The number of ketones is 1. The molecule has 1 unspecified atom stereocenters. The second kappa shape index (κ2) is 8.97. The van der Waals surface area contributed by atoms with Crippen molar-refractivity contribution in [1.29, 1.82) is 0 Å². The lowest BCUT2D eigenvalue weighted by atomic mass is 9.88. The van der Waals surface area contributed by atoms with E-state index in [2.05, 4.69) is 0 Å². The fourth-order valence-corrected chi connectivity index (χ4v) is 5.15. The van der Waals surface area contributed by atoms with E-state index in [4.69, 9.17) is 0 Å². The quantitative estimate of drug-likeness (QED) is 0.258. The summed E-state index contributed by atoms with van der Waals surface area (Å²) in [6.07, 6.45) is -0.700. The highest BCUT2D eigenvalue weighted by Gasteiger charge is 2.47. The van der Waals surface area contributed by atoms with Crippen molar-refractivity contribution >= 4 is 23.1 Å². The molecule has 1 aliphatic carbocycles. The Hall–Kier alpha value is -3.87. The molecule has 1 amide bonds. The summed E-state index contributed by atoms with van der Waals surface area (Å²) in [5.74, 6) is -2.25. The molecule has 1 aliphatic heterocycles. The first-order valence-corrected chi connectivity index (χ1v) is 11.8. The van der Waals surface area contributed by atoms with Gasteiger partial charge in [0, 0.05) is 11.3 Å². The lowest BCUT2D eigenvalue weighted by molar-refractivity contribution is -0.137. The largest absolute Gasteiger partial charge is 0.507 e. The van der Waals surface area contributed by atoms with Gasteiger partial charge in [-0.05, 0) is 79.1 Å². The van der Waals surface area contributed by atoms with Crippen LogP contribution in [0.5, 0.6) is 0 Å². The summed E-state index contributed by atoms with van der Waals surface area (Å²) in [5, 5.41) is 11.4. The summed E-state index contributed by atoms with van der Waals surface area (Å²) in [5.41, 5.74) is 2.84. The van der Waals surface area contributed by atoms with Crippen LogP contribution >= 0.6 is 0 Å². The van der Waals surface area contributed by atoms with Crippen molar-refractivity contribution in [2.45, 2.75) is 44.8 Å². The number of amides is 1. The lowest BCUT2D eigenvalue weighted by Crippen LogP contribution is -2.30. The number of aliphatic hydroxyl groups excluding tert-OH is 1. The Labute approximate surface area is 206 Å². The molecule has 0 radical (unpaired) electrons. The third-order valence-corrected chi connectivity index (χ3v) is 7.00. The van der Waals surface area contributed by atoms with Crippen LogP contribution in [0.1, 0.15) is 52.3 Å². The van der Waals surface area contributed by atoms with Gasteiger partial charge in [-0.2, -0.15) is 13.2 Å². The number of Topliss-reactive ketones (excluding diaryl/α,β-unsaturated/α-hetero) is 1. The van der Waals surface area contributed by atoms with E-state index in [0.717, 1.165) is 53.8 Å². The zero-order valence-electron chi connectivity index (χ0n) is 19.6. The highest BCUT2D eigenvalue weighted by molar-refractivity contribution is 6.51. The number of hydrogen-bond acceptors (Lipinski definition) is 3. The smallest absolute Gasteiger partial charge is 0.416 e. The van der Waals surface area contributed by atoms with Gasteiger partial charge in [-0.25, -0.2) is 0 Å². The molecule has 5 rings (SSSR count). The average molecular weight is 492 g/mol. The molecular formula is C29H24F3NO3. The van der Waals surface area contributed by atoms with Crippen LogP contribution in [-0.2, 0) is 28.6 Å². The first kappa shape index (κ1) is 23.9. The van der Waals surface area contributed by atoms with Crippen molar-refractivity contribution in [3.05, 3.63) is 106 Å². The Morgan fingerprint density at radius 1 is 0.917 bits per heavy atom. The summed E-state index contributed by atoms with van der Waals surface area (Å²) < 4.78 is 40.4. The molecule has 0 aromatic heterocycles. The minimum absolute atomic E-state index is 0.0651. The molecule has 4 nitrogen and oxygen atoms in total. The Kier molecular flexibility index (Phi) is 5.94. The minimum atomic E-state index is -4.62. The molecule has 0 spiro atoms. The van der Waals surface area contributed by atoms with Gasteiger partial charge in [-0.3, -0.25) is 14.5 Å². The van der Waals surface area contributed by atoms with Gasteiger partial charge in [-0.15, -0.1) is 0 Å². The molecule has 1 fully saturated rings. The van der Waals surface area contributed by atoms with E-state index in [1.807, 2.05) is 12.1 Å². The van der Waals surface area contributed by atoms with Crippen molar-refractivity contribution in [3.63, 3.8) is 0 Å². The molecular weight excluding hydrogens is 467 g/mol. The van der Waals surface area contributed by atoms with E-state index in [9.17, 15) is 27.9 Å². The zero-order chi connectivity index (χ0) is 25.6. The van der Waals surface area contributed by atoms with Crippen LogP contribution in [0, 0.1) is 6.92 Å². The number of alkyl halides is 3. The van der Waals surface area contributed by atoms with E-state index < -0.39 is 29.5 Å². The van der Waals surface area contributed by atoms with E-state index in [0.29, 0.717) is 11.1 Å². The maximum Gasteiger partial charge on any atom is 0.416 e. The molecule has 1 heterocycles.